The largest absolute Gasteiger partial charge is 0.494 e. The highest BCUT2D eigenvalue weighted by Gasteiger charge is 2.12. The summed E-state index contributed by atoms with van der Waals surface area (Å²) in [6.45, 7) is 2.68. The maximum Gasteiger partial charge on any atom is 0.119 e. The second-order valence-corrected chi connectivity index (χ2v) is 3.95. The van der Waals surface area contributed by atoms with Gasteiger partial charge in [-0.25, -0.2) is 0 Å². The predicted molar refractivity (Wildman–Crippen MR) is 64.8 cm³/mol. The van der Waals surface area contributed by atoms with Gasteiger partial charge in [-0.1, -0.05) is 12.1 Å². The number of alkyl halides is 1. The zero-order chi connectivity index (χ0) is 11.3. The van der Waals surface area contributed by atoms with Gasteiger partial charge in [-0.2, -0.15) is 0 Å². The molecule has 0 bridgehead atoms. The molecule has 0 fully saturated rings. The van der Waals surface area contributed by atoms with Gasteiger partial charge >= 0.3 is 0 Å². The summed E-state index contributed by atoms with van der Waals surface area (Å²) in [7, 11) is 4.06. The third-order valence-corrected chi connectivity index (χ3v) is 2.62. The average Bonchev–Trinajstić information content (AvgIpc) is 2.19. The van der Waals surface area contributed by atoms with Crippen LogP contribution in [0.15, 0.2) is 24.3 Å². The van der Waals surface area contributed by atoms with Crippen molar-refractivity contribution in [1.29, 1.82) is 0 Å². The quantitative estimate of drug-likeness (QED) is 0.718. The lowest BCUT2D eigenvalue weighted by Gasteiger charge is -2.22. The van der Waals surface area contributed by atoms with E-state index in [9.17, 15) is 0 Å². The molecule has 0 spiro atoms. The highest BCUT2D eigenvalue weighted by molar-refractivity contribution is 6.18. The molecule has 2 nitrogen and oxygen atoms in total. The molecule has 15 heavy (non-hydrogen) atoms. The summed E-state index contributed by atoms with van der Waals surface area (Å²) in [6.07, 6.45) is 0. The number of halogens is 1. The van der Waals surface area contributed by atoms with Gasteiger partial charge in [0.2, 0.25) is 0 Å². The second-order valence-electron chi connectivity index (χ2n) is 3.64. The van der Waals surface area contributed by atoms with Crippen LogP contribution in [0.4, 0.5) is 0 Å². The van der Waals surface area contributed by atoms with Gasteiger partial charge in [0.25, 0.3) is 0 Å². The first-order valence-electron chi connectivity index (χ1n) is 5.14. The Morgan fingerprint density at radius 3 is 2.67 bits per heavy atom. The van der Waals surface area contributed by atoms with Crippen molar-refractivity contribution in [3.05, 3.63) is 29.8 Å². The van der Waals surface area contributed by atoms with Crippen molar-refractivity contribution in [3.63, 3.8) is 0 Å². The van der Waals surface area contributed by atoms with E-state index in [1.165, 1.54) is 5.56 Å². The van der Waals surface area contributed by atoms with Crippen molar-refractivity contribution in [2.45, 2.75) is 13.0 Å². The van der Waals surface area contributed by atoms with E-state index in [4.69, 9.17) is 16.3 Å². The van der Waals surface area contributed by atoms with Crippen LogP contribution in [-0.2, 0) is 0 Å². The molecule has 1 atom stereocenters. The van der Waals surface area contributed by atoms with Crippen molar-refractivity contribution < 1.29 is 4.74 Å². The van der Waals surface area contributed by atoms with Gasteiger partial charge in [-0.05, 0) is 38.7 Å². The molecule has 1 aromatic rings. The Kier molecular flexibility index (Phi) is 4.92. The summed E-state index contributed by atoms with van der Waals surface area (Å²) in [4.78, 5) is 2.11. The number of hydrogen-bond acceptors (Lipinski definition) is 2. The normalized spacial score (nSPS) is 12.9. The van der Waals surface area contributed by atoms with Crippen LogP contribution < -0.4 is 4.74 Å². The van der Waals surface area contributed by atoms with Crippen LogP contribution in [0, 0.1) is 0 Å². The van der Waals surface area contributed by atoms with Crippen molar-refractivity contribution in [1.82, 2.24) is 4.90 Å². The minimum atomic E-state index is 0.243. The Balaban J connectivity index is 2.87. The Morgan fingerprint density at radius 1 is 1.40 bits per heavy atom. The van der Waals surface area contributed by atoms with Gasteiger partial charge < -0.3 is 9.64 Å². The van der Waals surface area contributed by atoms with E-state index in [1.807, 2.05) is 33.2 Å². The first kappa shape index (κ1) is 12.3. The molecule has 0 radical (unpaired) electrons. The first-order valence-corrected chi connectivity index (χ1v) is 5.67. The summed E-state index contributed by atoms with van der Waals surface area (Å²) >= 11 is 5.94. The van der Waals surface area contributed by atoms with Gasteiger partial charge in [-0.3, -0.25) is 0 Å². The Morgan fingerprint density at radius 2 is 2.13 bits per heavy atom. The molecular formula is C12H18ClNO. The van der Waals surface area contributed by atoms with E-state index in [-0.39, 0.29) is 6.04 Å². The van der Waals surface area contributed by atoms with E-state index in [2.05, 4.69) is 17.0 Å². The summed E-state index contributed by atoms with van der Waals surface area (Å²) < 4.78 is 5.46. The second kappa shape index (κ2) is 5.99. The molecular weight excluding hydrogens is 210 g/mol. The number of ether oxygens (including phenoxy) is 1. The maximum absolute atomic E-state index is 5.94. The molecule has 0 N–H and O–H groups in total. The molecule has 0 amide bonds. The highest BCUT2D eigenvalue weighted by Crippen LogP contribution is 2.23. The van der Waals surface area contributed by atoms with Crippen LogP contribution in [0.2, 0.25) is 0 Å². The lowest BCUT2D eigenvalue weighted by molar-refractivity contribution is 0.318. The van der Waals surface area contributed by atoms with E-state index in [0.29, 0.717) is 12.5 Å². The molecule has 0 aliphatic carbocycles. The van der Waals surface area contributed by atoms with E-state index in [0.717, 1.165) is 5.75 Å². The monoisotopic (exact) mass is 227 g/mol. The van der Waals surface area contributed by atoms with Gasteiger partial charge in [0.1, 0.15) is 5.75 Å². The Bertz CT molecular complexity index is 301. The molecule has 1 aromatic carbocycles. The molecule has 84 valence electrons. The minimum absolute atomic E-state index is 0.243. The smallest absolute Gasteiger partial charge is 0.119 e. The molecule has 0 aromatic heterocycles. The van der Waals surface area contributed by atoms with Crippen LogP contribution in [0.25, 0.3) is 0 Å². The fraction of sp³-hybridized carbons (Fsp3) is 0.500. The molecule has 0 aliphatic rings. The predicted octanol–water partition coefficient (Wildman–Crippen LogP) is 2.93. The maximum atomic E-state index is 5.94. The SMILES string of the molecule is CCOc1cccc(C(CCl)N(C)C)c1. The summed E-state index contributed by atoms with van der Waals surface area (Å²) in [5, 5.41) is 0. The number of hydrogen-bond donors (Lipinski definition) is 0. The molecule has 1 rings (SSSR count). The fourth-order valence-electron chi connectivity index (χ4n) is 1.50. The average molecular weight is 228 g/mol. The van der Waals surface area contributed by atoms with E-state index < -0.39 is 0 Å². The standard InChI is InChI=1S/C12H18ClNO/c1-4-15-11-7-5-6-10(8-11)12(9-13)14(2)3/h5-8,12H,4,9H2,1-3H3. The van der Waals surface area contributed by atoms with Crippen LogP contribution in [0.3, 0.4) is 0 Å². The summed E-state index contributed by atoms with van der Waals surface area (Å²) in [5.41, 5.74) is 1.20. The van der Waals surface area contributed by atoms with Gasteiger partial charge in [0, 0.05) is 11.9 Å². The Labute approximate surface area is 96.8 Å². The van der Waals surface area contributed by atoms with Crippen LogP contribution >= 0.6 is 11.6 Å². The molecule has 1 unspecified atom stereocenters. The molecule has 0 saturated carbocycles. The van der Waals surface area contributed by atoms with Crippen LogP contribution in [0.5, 0.6) is 5.75 Å². The number of benzene rings is 1. The summed E-state index contributed by atoms with van der Waals surface area (Å²) in [6, 6.07) is 8.34. The minimum Gasteiger partial charge on any atom is -0.494 e. The van der Waals surface area contributed by atoms with E-state index in [1.54, 1.807) is 0 Å². The number of rotatable bonds is 5. The molecule has 0 saturated heterocycles. The zero-order valence-electron chi connectivity index (χ0n) is 9.53. The van der Waals surface area contributed by atoms with Gasteiger partial charge in [0.15, 0.2) is 0 Å². The van der Waals surface area contributed by atoms with Crippen LogP contribution in [-0.4, -0.2) is 31.5 Å². The van der Waals surface area contributed by atoms with Crippen molar-refractivity contribution in [2.24, 2.45) is 0 Å². The third kappa shape index (κ3) is 3.40. The first-order chi connectivity index (χ1) is 7.19. The lowest BCUT2D eigenvalue weighted by Crippen LogP contribution is -2.21. The van der Waals surface area contributed by atoms with Crippen molar-refractivity contribution >= 4 is 11.6 Å². The van der Waals surface area contributed by atoms with Crippen molar-refractivity contribution in [2.75, 3.05) is 26.6 Å². The molecule has 3 heteroatoms. The summed E-state index contributed by atoms with van der Waals surface area (Å²) in [5.74, 6) is 1.50. The van der Waals surface area contributed by atoms with Gasteiger partial charge in [-0.15, -0.1) is 11.6 Å². The molecule has 0 aliphatic heterocycles. The van der Waals surface area contributed by atoms with Gasteiger partial charge in [0.05, 0.1) is 6.61 Å². The third-order valence-electron chi connectivity index (χ3n) is 2.32. The van der Waals surface area contributed by atoms with Crippen LogP contribution in [0.1, 0.15) is 18.5 Å². The lowest BCUT2D eigenvalue weighted by atomic mass is 10.1. The molecule has 0 heterocycles. The zero-order valence-corrected chi connectivity index (χ0v) is 10.3. The topological polar surface area (TPSA) is 12.5 Å². The Hall–Kier alpha value is -0.730. The van der Waals surface area contributed by atoms with E-state index >= 15 is 0 Å². The fourth-order valence-corrected chi connectivity index (χ4v) is 1.96. The highest BCUT2D eigenvalue weighted by atomic mass is 35.5. The number of nitrogens with zero attached hydrogens (tertiary/aromatic N) is 1. The van der Waals surface area contributed by atoms with Crippen molar-refractivity contribution in [3.8, 4) is 5.75 Å².